The van der Waals surface area contributed by atoms with Crippen molar-refractivity contribution in [3.8, 4) is 11.5 Å². The third kappa shape index (κ3) is 4.45. The quantitative estimate of drug-likeness (QED) is 0.452. The Morgan fingerprint density at radius 3 is 2.60 bits per heavy atom. The molecule has 1 N–H and O–H groups in total. The number of aryl methyl sites for hydroxylation is 1. The topological polar surface area (TPSA) is 88.1 Å². The molecule has 4 saturated carbocycles. The fourth-order valence-corrected chi connectivity index (χ4v) is 10.6. The fraction of sp³-hybridized carbons (Fsp3) is 0.629. The van der Waals surface area contributed by atoms with Crippen LogP contribution in [-0.4, -0.2) is 73.3 Å². The number of aliphatic carboxylic acids is 1. The number of methoxy groups -OCH3 is 1. The molecular formula is C35H42F3NO6. The van der Waals surface area contributed by atoms with Crippen molar-refractivity contribution in [3.05, 3.63) is 58.7 Å². The molecule has 0 amide bonds. The minimum absolute atomic E-state index is 0.0606. The molecule has 1 unspecified atom stereocenters. The number of aromatic hydroxyl groups is 1. The van der Waals surface area contributed by atoms with Crippen LogP contribution in [0, 0.1) is 24.2 Å². The molecule has 5 fully saturated rings. The van der Waals surface area contributed by atoms with E-state index in [9.17, 15) is 18.3 Å². The van der Waals surface area contributed by atoms with Gasteiger partial charge in [0, 0.05) is 42.8 Å². The number of phenols is 1. The molecule has 2 heterocycles. The number of fused-ring (bicyclic) bond motifs is 2. The summed E-state index contributed by atoms with van der Waals surface area (Å²) in [5, 5.41) is 19.8. The predicted molar refractivity (Wildman–Crippen MR) is 156 cm³/mol. The minimum Gasteiger partial charge on any atom is -0.542 e. The third-order valence-electron chi connectivity index (χ3n) is 12.4. The van der Waals surface area contributed by atoms with E-state index in [2.05, 4.69) is 44.3 Å². The number of alkyl halides is 3. The molecule has 1 saturated heterocycles. The number of carbonyl (C=O) groups excluding carboxylic acids is 1. The second-order valence-corrected chi connectivity index (χ2v) is 14.7. The Kier molecular flexibility index (Phi) is 7.08. The van der Waals surface area contributed by atoms with Gasteiger partial charge in [0.15, 0.2) is 11.5 Å². The van der Waals surface area contributed by atoms with E-state index in [1.165, 1.54) is 59.1 Å². The highest BCUT2D eigenvalue weighted by Gasteiger charge is 2.83. The highest BCUT2D eigenvalue weighted by molar-refractivity contribution is 5.70. The van der Waals surface area contributed by atoms with Gasteiger partial charge in [-0.1, -0.05) is 35.9 Å². The standard InChI is InChI=1S/C33H41NO4.C2HF3O2/c1-21-5-4-6-23(15-21)19-37-20-25-17-31-11-12-33(25,36-3)30-32(31)13-14-34(2,18-22-7-8-22)27(31)16-24-9-10-26(35)29(38-30)28(24)32;3-2(4,5)1(6)7/h4-6,9-10,15,22,25,27,30H,7-8,11-14,16-20H2,1-3H3;(H,6,7)/t25-,27-,30-,31-,32+,33-,34?;/m1./s1. The van der Waals surface area contributed by atoms with Crippen LogP contribution in [0.4, 0.5) is 13.2 Å². The molecule has 7 nitrogen and oxygen atoms in total. The Hall–Kier alpha value is -2.82. The first-order valence-corrected chi connectivity index (χ1v) is 16.1. The highest BCUT2D eigenvalue weighted by atomic mass is 19.4. The fourth-order valence-electron chi connectivity index (χ4n) is 10.6. The maximum absolute atomic E-state index is 11.0. The van der Waals surface area contributed by atoms with Gasteiger partial charge in [0.2, 0.25) is 0 Å². The smallest absolute Gasteiger partial charge is 0.430 e. The summed E-state index contributed by atoms with van der Waals surface area (Å²) in [4.78, 5) is 8.78. The molecule has 2 spiro atoms. The number of piperidine rings is 1. The zero-order valence-electron chi connectivity index (χ0n) is 26.1. The number of likely N-dealkylation sites (tertiary alicyclic amines) is 1. The molecular weight excluding hydrogens is 587 g/mol. The van der Waals surface area contributed by atoms with Gasteiger partial charge in [-0.3, -0.25) is 0 Å². The number of hydrogen-bond acceptors (Lipinski definition) is 6. The Bertz CT molecular complexity index is 1510. The van der Waals surface area contributed by atoms with Gasteiger partial charge in [0.05, 0.1) is 44.8 Å². The van der Waals surface area contributed by atoms with E-state index in [4.69, 9.17) is 24.1 Å². The van der Waals surface area contributed by atoms with Gasteiger partial charge in [-0.05, 0) is 56.2 Å². The van der Waals surface area contributed by atoms with Gasteiger partial charge in [-0.25, -0.2) is 0 Å². The molecule has 10 heteroatoms. The van der Waals surface area contributed by atoms with Crippen molar-refractivity contribution < 1.29 is 46.9 Å². The molecule has 244 valence electrons. The van der Waals surface area contributed by atoms with Crippen LogP contribution < -0.4 is 9.84 Å². The van der Waals surface area contributed by atoms with Crippen LogP contribution in [0.25, 0.3) is 0 Å². The molecule has 7 aliphatic rings. The number of carboxylic acids is 1. The average molecular weight is 630 g/mol. The zero-order chi connectivity index (χ0) is 32.0. The van der Waals surface area contributed by atoms with Crippen LogP contribution in [0.15, 0.2) is 36.4 Å². The molecule has 0 radical (unpaired) electrons. The first-order chi connectivity index (χ1) is 21.3. The number of carbonyl (C=O) groups is 1. The van der Waals surface area contributed by atoms with E-state index in [0.717, 1.165) is 37.4 Å². The van der Waals surface area contributed by atoms with Crippen molar-refractivity contribution in [1.82, 2.24) is 0 Å². The van der Waals surface area contributed by atoms with E-state index in [1.54, 1.807) is 0 Å². The summed E-state index contributed by atoms with van der Waals surface area (Å²) in [5.74, 6) is -0.765. The first-order valence-electron chi connectivity index (χ1n) is 16.1. The summed E-state index contributed by atoms with van der Waals surface area (Å²) in [5.41, 5.74) is 4.96. The number of likely N-dealkylation sites (N-methyl/N-ethyl adjacent to an activating group) is 1. The largest absolute Gasteiger partial charge is 0.542 e. The Labute approximate surface area is 261 Å². The lowest BCUT2D eigenvalue weighted by Crippen LogP contribution is -2.83. The monoisotopic (exact) mass is 629 g/mol. The summed E-state index contributed by atoms with van der Waals surface area (Å²) >= 11 is 0. The lowest BCUT2D eigenvalue weighted by Gasteiger charge is -2.74. The molecule has 45 heavy (non-hydrogen) atoms. The molecule has 9 rings (SSSR count). The van der Waals surface area contributed by atoms with Gasteiger partial charge >= 0.3 is 6.18 Å². The van der Waals surface area contributed by atoms with Crippen LogP contribution in [0.2, 0.25) is 0 Å². The number of phenolic OH excluding ortho intramolecular Hbond substituents is 1. The summed E-state index contributed by atoms with van der Waals surface area (Å²) < 4.78 is 52.8. The summed E-state index contributed by atoms with van der Waals surface area (Å²) in [6.07, 6.45) is 3.11. The van der Waals surface area contributed by atoms with Crippen molar-refractivity contribution in [2.75, 3.05) is 33.9 Å². The molecule has 2 aromatic carbocycles. The number of benzene rings is 2. The van der Waals surface area contributed by atoms with Crippen LogP contribution in [0.5, 0.6) is 11.5 Å². The van der Waals surface area contributed by atoms with Gasteiger partial charge in [0.1, 0.15) is 17.7 Å². The van der Waals surface area contributed by atoms with E-state index in [0.29, 0.717) is 25.0 Å². The van der Waals surface area contributed by atoms with Gasteiger partial charge < -0.3 is 33.7 Å². The highest BCUT2D eigenvalue weighted by Crippen LogP contribution is 2.77. The third-order valence-corrected chi connectivity index (χ3v) is 12.4. The zero-order valence-corrected chi connectivity index (χ0v) is 26.1. The number of halogens is 3. The van der Waals surface area contributed by atoms with Crippen molar-refractivity contribution in [2.24, 2.45) is 17.3 Å². The molecule has 7 atom stereocenters. The molecule has 5 aliphatic carbocycles. The summed E-state index contributed by atoms with van der Waals surface area (Å²) in [6.45, 7) is 5.98. The maximum Gasteiger partial charge on any atom is 0.430 e. The van der Waals surface area contributed by atoms with Gasteiger partial charge in [-0.15, -0.1) is 0 Å². The number of carboxylic acid groups (broad SMARTS) is 1. The van der Waals surface area contributed by atoms with Crippen LogP contribution in [-0.2, 0) is 32.7 Å². The average Bonchev–Trinajstić information content (AvgIpc) is 3.72. The first kappa shape index (κ1) is 30.8. The van der Waals surface area contributed by atoms with Gasteiger partial charge in [0.25, 0.3) is 0 Å². The number of nitrogens with zero attached hydrogens (tertiary/aromatic N) is 1. The number of hydrogen-bond donors (Lipinski definition) is 1. The SMILES string of the molecule is CO[C@]12CC[C@@]3(C[C@@H]1COCc1cccc(C)c1)[C@H]1Cc4ccc(O)c5c4[C@@]3(CC[N+]1(C)CC1CC1)[C@H]2O5.O=C([O-])C(F)(F)F. The molecule has 4 bridgehead atoms. The second kappa shape index (κ2) is 10.3. The second-order valence-electron chi connectivity index (χ2n) is 14.7. The van der Waals surface area contributed by atoms with Crippen LogP contribution >= 0.6 is 0 Å². The van der Waals surface area contributed by atoms with Crippen molar-refractivity contribution in [2.45, 2.75) is 87.8 Å². The summed E-state index contributed by atoms with van der Waals surface area (Å²) in [7, 11) is 4.46. The minimum atomic E-state index is -5.19. The lowest BCUT2D eigenvalue weighted by atomic mass is 9.34. The summed E-state index contributed by atoms with van der Waals surface area (Å²) in [6, 6.07) is 13.3. The predicted octanol–water partition coefficient (Wildman–Crippen LogP) is 4.59. The normalized spacial score (nSPS) is 36.9. The van der Waals surface area contributed by atoms with Crippen LogP contribution in [0.1, 0.15) is 60.8 Å². The number of ether oxygens (including phenoxy) is 3. The van der Waals surface area contributed by atoms with Crippen molar-refractivity contribution in [3.63, 3.8) is 0 Å². The number of rotatable bonds is 7. The Morgan fingerprint density at radius 2 is 1.93 bits per heavy atom. The van der Waals surface area contributed by atoms with E-state index in [1.807, 2.05) is 13.2 Å². The van der Waals surface area contributed by atoms with Crippen LogP contribution in [0.3, 0.4) is 0 Å². The Morgan fingerprint density at radius 1 is 1.18 bits per heavy atom. The number of quaternary nitrogens is 1. The Balaban J connectivity index is 0.000000420. The van der Waals surface area contributed by atoms with Crippen molar-refractivity contribution >= 4 is 5.97 Å². The van der Waals surface area contributed by atoms with E-state index in [-0.39, 0.29) is 22.9 Å². The molecule has 0 aromatic heterocycles. The molecule has 2 aromatic rings. The molecule has 2 aliphatic heterocycles. The maximum atomic E-state index is 11.0. The van der Waals surface area contributed by atoms with Crippen molar-refractivity contribution in [1.29, 1.82) is 0 Å². The van der Waals surface area contributed by atoms with E-state index < -0.39 is 17.7 Å². The van der Waals surface area contributed by atoms with Gasteiger partial charge in [-0.2, -0.15) is 13.2 Å². The lowest BCUT2D eigenvalue weighted by molar-refractivity contribution is -0.952. The van der Waals surface area contributed by atoms with E-state index >= 15 is 0 Å².